The van der Waals surface area contributed by atoms with Crippen molar-refractivity contribution in [1.29, 1.82) is 0 Å². The van der Waals surface area contributed by atoms with Crippen molar-refractivity contribution >= 4 is 5.97 Å². The summed E-state index contributed by atoms with van der Waals surface area (Å²) in [5.74, 6) is -1.28. The monoisotopic (exact) mass is 255 g/mol. The number of hydrogen-bond acceptors (Lipinski definition) is 3. The zero-order chi connectivity index (χ0) is 13.5. The van der Waals surface area contributed by atoms with E-state index in [-0.39, 0.29) is 5.75 Å². The molecule has 0 saturated heterocycles. The van der Waals surface area contributed by atoms with Gasteiger partial charge in [0.25, 0.3) is 0 Å². The molecule has 0 fully saturated rings. The van der Waals surface area contributed by atoms with Crippen molar-refractivity contribution < 1.29 is 19.0 Å². The molecule has 1 rings (SSSR count). The van der Waals surface area contributed by atoms with Crippen LogP contribution in [0.4, 0.5) is 4.39 Å². The van der Waals surface area contributed by atoms with Gasteiger partial charge in [-0.2, -0.15) is 0 Å². The molecule has 0 spiro atoms. The van der Waals surface area contributed by atoms with Crippen LogP contribution in [0.3, 0.4) is 0 Å². The molecular formula is C13H18FNO3. The van der Waals surface area contributed by atoms with Crippen molar-refractivity contribution in [2.45, 2.75) is 32.9 Å². The molecule has 0 aliphatic heterocycles. The fraction of sp³-hybridized carbons (Fsp3) is 0.462. The number of hydrogen-bond donors (Lipinski definition) is 2. The highest BCUT2D eigenvalue weighted by Crippen LogP contribution is 2.18. The molecule has 100 valence electrons. The lowest BCUT2D eigenvalue weighted by Crippen LogP contribution is -2.23. The van der Waals surface area contributed by atoms with E-state index in [2.05, 4.69) is 5.32 Å². The van der Waals surface area contributed by atoms with E-state index in [1.165, 1.54) is 19.1 Å². The Morgan fingerprint density at radius 1 is 1.50 bits per heavy atom. The molecule has 0 aromatic heterocycles. The number of benzene rings is 1. The van der Waals surface area contributed by atoms with Crippen LogP contribution in [0.2, 0.25) is 0 Å². The molecule has 1 aromatic rings. The van der Waals surface area contributed by atoms with Crippen molar-refractivity contribution in [1.82, 2.24) is 5.32 Å². The second kappa shape index (κ2) is 6.96. The molecule has 1 aromatic carbocycles. The Bertz CT molecular complexity index is 409. The van der Waals surface area contributed by atoms with Gasteiger partial charge in [-0.15, -0.1) is 0 Å². The maximum absolute atomic E-state index is 13.3. The molecule has 5 heteroatoms. The highest BCUT2D eigenvalue weighted by molar-refractivity contribution is 5.72. The van der Waals surface area contributed by atoms with Gasteiger partial charge < -0.3 is 15.2 Å². The molecule has 2 N–H and O–H groups in total. The smallest absolute Gasteiger partial charge is 0.344 e. The number of carbonyl (C=O) groups is 1. The first kappa shape index (κ1) is 14.4. The highest BCUT2D eigenvalue weighted by atomic mass is 19.1. The number of carboxylic acid groups (broad SMARTS) is 1. The van der Waals surface area contributed by atoms with Crippen LogP contribution in [0.25, 0.3) is 0 Å². The first-order valence-corrected chi connectivity index (χ1v) is 5.92. The summed E-state index contributed by atoms with van der Waals surface area (Å²) in [6.07, 6.45) is -0.00223. The fourth-order valence-corrected chi connectivity index (χ4v) is 1.45. The molecular weight excluding hydrogens is 237 g/mol. The third-order valence-electron chi connectivity index (χ3n) is 2.35. The van der Waals surface area contributed by atoms with Gasteiger partial charge in [0.2, 0.25) is 0 Å². The predicted molar refractivity (Wildman–Crippen MR) is 66.1 cm³/mol. The summed E-state index contributed by atoms with van der Waals surface area (Å²) in [5, 5.41) is 11.9. The third kappa shape index (κ3) is 4.71. The molecule has 1 unspecified atom stereocenters. The normalized spacial score (nSPS) is 12.2. The summed E-state index contributed by atoms with van der Waals surface area (Å²) in [6, 6.07) is 4.23. The first-order chi connectivity index (χ1) is 8.52. The van der Waals surface area contributed by atoms with Crippen LogP contribution in [-0.4, -0.2) is 23.7 Å². The number of nitrogens with one attached hydrogen (secondary N) is 1. The summed E-state index contributed by atoms with van der Waals surface area (Å²) in [4.78, 5) is 10.7. The molecule has 0 bridgehead atoms. The Balaban J connectivity index is 2.71. The Morgan fingerprint density at radius 2 is 2.22 bits per heavy atom. The Morgan fingerprint density at radius 3 is 2.83 bits per heavy atom. The summed E-state index contributed by atoms with van der Waals surface area (Å²) < 4.78 is 18.5. The van der Waals surface area contributed by atoms with Gasteiger partial charge in [0.05, 0.1) is 0 Å². The van der Waals surface area contributed by atoms with Gasteiger partial charge in [0.1, 0.15) is 11.6 Å². The van der Waals surface area contributed by atoms with E-state index in [1.54, 1.807) is 6.07 Å². The van der Waals surface area contributed by atoms with Gasteiger partial charge in [-0.1, -0.05) is 6.92 Å². The minimum Gasteiger partial charge on any atom is -0.479 e. The lowest BCUT2D eigenvalue weighted by Gasteiger charge is -2.12. The van der Waals surface area contributed by atoms with Crippen molar-refractivity contribution in [2.75, 3.05) is 6.54 Å². The maximum Gasteiger partial charge on any atom is 0.344 e. The number of aliphatic carboxylic acids is 1. The molecule has 18 heavy (non-hydrogen) atoms. The van der Waals surface area contributed by atoms with Crippen LogP contribution in [0, 0.1) is 5.82 Å². The quantitative estimate of drug-likeness (QED) is 0.733. The molecule has 0 saturated carbocycles. The zero-order valence-corrected chi connectivity index (χ0v) is 10.6. The van der Waals surface area contributed by atoms with E-state index in [9.17, 15) is 9.18 Å². The Kier molecular flexibility index (Phi) is 5.58. The molecule has 1 atom stereocenters. The number of ether oxygens (including phenoxy) is 1. The molecule has 0 aliphatic carbocycles. The van der Waals surface area contributed by atoms with Gasteiger partial charge in [0.15, 0.2) is 6.10 Å². The molecule has 0 amide bonds. The second-order valence-corrected chi connectivity index (χ2v) is 4.07. The lowest BCUT2D eigenvalue weighted by atomic mass is 10.2. The fourth-order valence-electron chi connectivity index (χ4n) is 1.45. The topological polar surface area (TPSA) is 58.6 Å². The van der Waals surface area contributed by atoms with Gasteiger partial charge in [-0.25, -0.2) is 9.18 Å². The minimum atomic E-state index is -1.08. The van der Waals surface area contributed by atoms with E-state index in [1.807, 2.05) is 6.92 Å². The van der Waals surface area contributed by atoms with Crippen LogP contribution in [0.5, 0.6) is 5.75 Å². The minimum absolute atomic E-state index is 0.234. The predicted octanol–water partition coefficient (Wildman–Crippen LogP) is 2.18. The SMILES string of the molecule is CCCNCc1cc(F)cc(OC(C)C(=O)O)c1. The number of carboxylic acids is 1. The van der Waals surface area contributed by atoms with Gasteiger partial charge >= 0.3 is 5.97 Å². The van der Waals surface area contributed by atoms with Crippen molar-refractivity contribution in [2.24, 2.45) is 0 Å². The molecule has 0 aliphatic rings. The lowest BCUT2D eigenvalue weighted by molar-refractivity contribution is -0.144. The number of halogens is 1. The highest BCUT2D eigenvalue weighted by Gasteiger charge is 2.13. The van der Waals surface area contributed by atoms with Crippen LogP contribution in [0.15, 0.2) is 18.2 Å². The van der Waals surface area contributed by atoms with E-state index in [0.29, 0.717) is 6.54 Å². The van der Waals surface area contributed by atoms with Gasteiger partial charge in [0, 0.05) is 12.6 Å². The summed E-state index contributed by atoms with van der Waals surface area (Å²) >= 11 is 0. The largest absolute Gasteiger partial charge is 0.479 e. The van der Waals surface area contributed by atoms with Crippen molar-refractivity contribution in [3.05, 3.63) is 29.6 Å². The molecule has 0 radical (unpaired) electrons. The van der Waals surface area contributed by atoms with Crippen molar-refractivity contribution in [3.8, 4) is 5.75 Å². The molecule has 0 heterocycles. The Labute approximate surface area is 106 Å². The summed E-state index contributed by atoms with van der Waals surface area (Å²) in [7, 11) is 0. The number of rotatable bonds is 7. The average molecular weight is 255 g/mol. The van der Waals surface area contributed by atoms with Crippen LogP contribution in [-0.2, 0) is 11.3 Å². The van der Waals surface area contributed by atoms with Crippen LogP contribution in [0.1, 0.15) is 25.8 Å². The van der Waals surface area contributed by atoms with Gasteiger partial charge in [-0.3, -0.25) is 0 Å². The summed E-state index contributed by atoms with van der Waals surface area (Å²) in [6.45, 7) is 4.82. The second-order valence-electron chi connectivity index (χ2n) is 4.07. The van der Waals surface area contributed by atoms with Crippen LogP contribution < -0.4 is 10.1 Å². The van der Waals surface area contributed by atoms with E-state index < -0.39 is 17.9 Å². The summed E-state index contributed by atoms with van der Waals surface area (Å²) in [5.41, 5.74) is 0.732. The van der Waals surface area contributed by atoms with E-state index >= 15 is 0 Å². The average Bonchev–Trinajstić information content (AvgIpc) is 2.28. The Hall–Kier alpha value is -1.62. The maximum atomic E-state index is 13.3. The van der Waals surface area contributed by atoms with Gasteiger partial charge in [-0.05, 0) is 37.6 Å². The van der Waals surface area contributed by atoms with E-state index in [0.717, 1.165) is 18.5 Å². The standard InChI is InChI=1S/C13H18FNO3/c1-3-4-15-8-10-5-11(14)7-12(6-10)18-9(2)13(16)17/h5-7,9,15H,3-4,8H2,1-2H3,(H,16,17). The third-order valence-corrected chi connectivity index (χ3v) is 2.35. The molecule has 4 nitrogen and oxygen atoms in total. The van der Waals surface area contributed by atoms with E-state index in [4.69, 9.17) is 9.84 Å². The van der Waals surface area contributed by atoms with Crippen molar-refractivity contribution in [3.63, 3.8) is 0 Å². The van der Waals surface area contributed by atoms with Crippen LogP contribution >= 0.6 is 0 Å². The zero-order valence-electron chi connectivity index (χ0n) is 10.6. The first-order valence-electron chi connectivity index (χ1n) is 5.92.